The molecule has 0 bridgehead atoms. The lowest BCUT2D eigenvalue weighted by Crippen LogP contribution is -2.50. The number of benzene rings is 3. The minimum atomic E-state index is -3.68. The summed E-state index contributed by atoms with van der Waals surface area (Å²) in [4.78, 5) is 26.6. The topological polar surface area (TPSA) is 74.8 Å². The molecular formula is C27H28N2O4S. The van der Waals surface area contributed by atoms with Gasteiger partial charge in [0.05, 0.1) is 4.90 Å². The van der Waals surface area contributed by atoms with Gasteiger partial charge in [-0.1, -0.05) is 60.7 Å². The number of Topliss-reactive ketones (excluding diaryl/α,β-unsaturated/α-hetero) is 1. The van der Waals surface area contributed by atoms with Gasteiger partial charge in [-0.15, -0.1) is 0 Å². The SMILES string of the molecule is CC(=O)c1ccc(S(=O)(=O)N2CCN(C(=O)c3ccccc3CCc3ccccc3)CC2)cc1. The summed E-state index contributed by atoms with van der Waals surface area (Å²) in [6.07, 6.45) is 1.61. The van der Waals surface area contributed by atoms with Gasteiger partial charge in [0.1, 0.15) is 0 Å². The maximum atomic E-state index is 13.3. The van der Waals surface area contributed by atoms with E-state index in [1.54, 1.807) is 4.90 Å². The molecule has 0 unspecified atom stereocenters. The first kappa shape index (κ1) is 23.9. The lowest BCUT2D eigenvalue weighted by molar-refractivity contribution is 0.0696. The molecule has 7 heteroatoms. The highest BCUT2D eigenvalue weighted by molar-refractivity contribution is 7.89. The summed E-state index contributed by atoms with van der Waals surface area (Å²) in [7, 11) is -3.68. The molecule has 176 valence electrons. The van der Waals surface area contributed by atoms with E-state index in [2.05, 4.69) is 12.1 Å². The van der Waals surface area contributed by atoms with Gasteiger partial charge in [0, 0.05) is 37.3 Å². The van der Waals surface area contributed by atoms with Crippen molar-refractivity contribution in [1.82, 2.24) is 9.21 Å². The van der Waals surface area contributed by atoms with Crippen LogP contribution in [0.1, 0.15) is 38.8 Å². The second kappa shape index (κ2) is 10.3. The summed E-state index contributed by atoms with van der Waals surface area (Å²) in [5.41, 5.74) is 3.37. The van der Waals surface area contributed by atoms with Gasteiger partial charge in [0.2, 0.25) is 10.0 Å². The molecule has 1 aliphatic rings. The lowest BCUT2D eigenvalue weighted by atomic mass is 9.99. The number of piperazine rings is 1. The summed E-state index contributed by atoms with van der Waals surface area (Å²) < 4.78 is 27.5. The third-order valence-electron chi connectivity index (χ3n) is 6.20. The molecule has 34 heavy (non-hydrogen) atoms. The van der Waals surface area contributed by atoms with Crippen LogP contribution in [0.5, 0.6) is 0 Å². The van der Waals surface area contributed by atoms with Crippen LogP contribution in [0.2, 0.25) is 0 Å². The molecule has 3 aromatic rings. The van der Waals surface area contributed by atoms with Crippen LogP contribution < -0.4 is 0 Å². The Morgan fingerprint density at radius 2 is 1.38 bits per heavy atom. The number of amides is 1. The molecule has 6 nitrogen and oxygen atoms in total. The van der Waals surface area contributed by atoms with Gasteiger partial charge in [-0.3, -0.25) is 9.59 Å². The van der Waals surface area contributed by atoms with Crippen molar-refractivity contribution in [3.8, 4) is 0 Å². The van der Waals surface area contributed by atoms with E-state index in [1.165, 1.54) is 41.1 Å². The summed E-state index contributed by atoms with van der Waals surface area (Å²) >= 11 is 0. The number of ketones is 1. The molecule has 1 aliphatic heterocycles. The van der Waals surface area contributed by atoms with E-state index in [0.29, 0.717) is 24.2 Å². The fourth-order valence-electron chi connectivity index (χ4n) is 4.18. The zero-order valence-electron chi connectivity index (χ0n) is 19.2. The smallest absolute Gasteiger partial charge is 0.254 e. The number of sulfonamides is 1. The second-order valence-electron chi connectivity index (χ2n) is 8.42. The molecule has 1 heterocycles. The average molecular weight is 477 g/mol. The summed E-state index contributed by atoms with van der Waals surface area (Å²) in [5, 5.41) is 0. The van der Waals surface area contributed by atoms with Crippen molar-refractivity contribution in [2.24, 2.45) is 0 Å². The van der Waals surface area contributed by atoms with Crippen molar-refractivity contribution >= 4 is 21.7 Å². The number of nitrogens with zero attached hydrogens (tertiary/aromatic N) is 2. The third-order valence-corrected chi connectivity index (χ3v) is 8.11. The fourth-order valence-corrected chi connectivity index (χ4v) is 5.61. The maximum absolute atomic E-state index is 13.3. The van der Waals surface area contributed by atoms with Gasteiger partial charge < -0.3 is 4.90 Å². The predicted octanol–water partition coefficient (Wildman–Crippen LogP) is 3.82. The number of carbonyl (C=O) groups excluding carboxylic acids is 2. The van der Waals surface area contributed by atoms with Gasteiger partial charge in [0.25, 0.3) is 5.91 Å². The van der Waals surface area contributed by atoms with Crippen LogP contribution in [-0.4, -0.2) is 55.5 Å². The Morgan fingerprint density at radius 1 is 0.765 bits per heavy atom. The van der Waals surface area contributed by atoms with Crippen LogP contribution in [-0.2, 0) is 22.9 Å². The molecular weight excluding hydrogens is 448 g/mol. The first-order valence-corrected chi connectivity index (χ1v) is 12.8. The highest BCUT2D eigenvalue weighted by Gasteiger charge is 2.31. The predicted molar refractivity (Wildman–Crippen MR) is 131 cm³/mol. The van der Waals surface area contributed by atoms with E-state index < -0.39 is 10.0 Å². The molecule has 1 saturated heterocycles. The lowest BCUT2D eigenvalue weighted by Gasteiger charge is -2.34. The molecule has 4 rings (SSSR count). The van der Waals surface area contributed by atoms with Gasteiger partial charge in [-0.25, -0.2) is 8.42 Å². The number of aryl methyl sites for hydroxylation is 2. The second-order valence-corrected chi connectivity index (χ2v) is 10.4. The first-order valence-electron chi connectivity index (χ1n) is 11.4. The molecule has 0 saturated carbocycles. The van der Waals surface area contributed by atoms with E-state index in [-0.39, 0.29) is 29.7 Å². The molecule has 0 atom stereocenters. The first-order chi connectivity index (χ1) is 16.4. The van der Waals surface area contributed by atoms with Gasteiger partial charge >= 0.3 is 0 Å². The molecule has 0 aliphatic carbocycles. The van der Waals surface area contributed by atoms with Gasteiger partial charge in [0.15, 0.2) is 5.78 Å². The highest BCUT2D eigenvalue weighted by atomic mass is 32.2. The van der Waals surface area contributed by atoms with E-state index in [0.717, 1.165) is 18.4 Å². The fraction of sp³-hybridized carbons (Fsp3) is 0.259. The Bertz CT molecular complexity index is 1260. The van der Waals surface area contributed by atoms with Crippen LogP contribution in [0.15, 0.2) is 83.8 Å². The zero-order valence-corrected chi connectivity index (χ0v) is 20.0. The minimum absolute atomic E-state index is 0.0634. The van der Waals surface area contributed by atoms with Crippen molar-refractivity contribution in [3.05, 3.63) is 101 Å². The van der Waals surface area contributed by atoms with Crippen molar-refractivity contribution < 1.29 is 18.0 Å². The molecule has 1 fully saturated rings. The van der Waals surface area contributed by atoms with E-state index in [1.807, 2.05) is 42.5 Å². The Balaban J connectivity index is 1.41. The summed E-state index contributed by atoms with van der Waals surface area (Å²) in [5.74, 6) is -0.174. The Kier molecular flexibility index (Phi) is 7.24. The molecule has 3 aromatic carbocycles. The maximum Gasteiger partial charge on any atom is 0.254 e. The van der Waals surface area contributed by atoms with Crippen LogP contribution in [0.25, 0.3) is 0 Å². The van der Waals surface area contributed by atoms with Crippen LogP contribution in [0, 0.1) is 0 Å². The minimum Gasteiger partial charge on any atom is -0.336 e. The number of rotatable bonds is 7. The van der Waals surface area contributed by atoms with E-state index >= 15 is 0 Å². The van der Waals surface area contributed by atoms with E-state index in [9.17, 15) is 18.0 Å². The summed E-state index contributed by atoms with van der Waals surface area (Å²) in [6.45, 7) is 2.57. The third kappa shape index (κ3) is 5.26. The monoisotopic (exact) mass is 476 g/mol. The molecule has 0 radical (unpaired) electrons. The number of hydrogen-bond acceptors (Lipinski definition) is 4. The zero-order chi connectivity index (χ0) is 24.1. The summed E-state index contributed by atoms with van der Waals surface area (Å²) in [6, 6.07) is 23.8. The standard InChI is InChI=1S/C27H28N2O4S/c1-21(30)23-13-15-25(16-14-23)34(32,33)29-19-17-28(18-20-29)27(31)26-10-6-5-9-24(26)12-11-22-7-3-2-4-8-22/h2-10,13-16H,11-12,17-20H2,1H3. The molecule has 0 spiro atoms. The van der Waals surface area contributed by atoms with Crippen LogP contribution in [0.3, 0.4) is 0 Å². The van der Waals surface area contributed by atoms with Crippen molar-refractivity contribution in [2.75, 3.05) is 26.2 Å². The van der Waals surface area contributed by atoms with Crippen molar-refractivity contribution in [2.45, 2.75) is 24.7 Å². The normalized spacial score (nSPS) is 14.7. The van der Waals surface area contributed by atoms with Crippen LogP contribution in [0.4, 0.5) is 0 Å². The highest BCUT2D eigenvalue weighted by Crippen LogP contribution is 2.21. The largest absolute Gasteiger partial charge is 0.336 e. The van der Waals surface area contributed by atoms with Crippen molar-refractivity contribution in [3.63, 3.8) is 0 Å². The van der Waals surface area contributed by atoms with Crippen LogP contribution >= 0.6 is 0 Å². The Hall–Kier alpha value is -3.29. The van der Waals surface area contributed by atoms with Crippen molar-refractivity contribution in [1.29, 1.82) is 0 Å². The Labute approximate surface area is 200 Å². The van der Waals surface area contributed by atoms with Gasteiger partial charge in [-0.05, 0) is 49.1 Å². The molecule has 0 N–H and O–H groups in total. The Morgan fingerprint density at radius 3 is 2.03 bits per heavy atom. The molecule has 0 aromatic heterocycles. The van der Waals surface area contributed by atoms with E-state index in [4.69, 9.17) is 0 Å². The average Bonchev–Trinajstić information content (AvgIpc) is 2.88. The quantitative estimate of drug-likeness (QED) is 0.486. The van der Waals surface area contributed by atoms with Gasteiger partial charge in [-0.2, -0.15) is 4.31 Å². The molecule has 1 amide bonds. The number of hydrogen-bond donors (Lipinski definition) is 0. The number of carbonyl (C=O) groups is 2.